The Bertz CT molecular complexity index is 687. The Labute approximate surface area is 144 Å². The molecule has 6 heteroatoms. The summed E-state index contributed by atoms with van der Waals surface area (Å²) in [6.45, 7) is 0.697. The number of piperidine rings is 1. The number of nitrogens with zero attached hydrogens (tertiary/aromatic N) is 1. The molecule has 0 bridgehead atoms. The molecular formula is C17H17Cl2NO3. The third kappa shape index (κ3) is 3.39. The molecule has 0 spiro atoms. The molecule has 122 valence electrons. The molecule has 1 aromatic carbocycles. The van der Waals surface area contributed by atoms with E-state index < -0.39 is 12.0 Å². The lowest BCUT2D eigenvalue weighted by atomic mass is 9.95. The van der Waals surface area contributed by atoms with E-state index in [1.54, 1.807) is 24.5 Å². The van der Waals surface area contributed by atoms with E-state index >= 15 is 0 Å². The van der Waals surface area contributed by atoms with E-state index in [4.69, 9.17) is 27.6 Å². The number of aliphatic carboxylic acids is 1. The smallest absolute Gasteiger partial charge is 0.320 e. The van der Waals surface area contributed by atoms with Gasteiger partial charge in [-0.1, -0.05) is 35.7 Å². The Morgan fingerprint density at radius 3 is 2.74 bits per heavy atom. The van der Waals surface area contributed by atoms with Crippen molar-refractivity contribution in [3.63, 3.8) is 0 Å². The molecule has 2 atom stereocenters. The zero-order valence-corrected chi connectivity index (χ0v) is 13.9. The van der Waals surface area contributed by atoms with Crippen LogP contribution in [0, 0.1) is 0 Å². The number of carbonyl (C=O) groups is 1. The average Bonchev–Trinajstić information content (AvgIpc) is 3.05. The molecule has 1 aromatic heterocycles. The lowest BCUT2D eigenvalue weighted by Gasteiger charge is -2.38. The molecular weight excluding hydrogens is 337 g/mol. The highest BCUT2D eigenvalue weighted by Gasteiger charge is 2.36. The van der Waals surface area contributed by atoms with Crippen molar-refractivity contribution in [2.24, 2.45) is 0 Å². The second kappa shape index (κ2) is 6.95. The lowest BCUT2D eigenvalue weighted by molar-refractivity contribution is -0.145. The standard InChI is InChI=1S/C17H17Cl2NO3/c18-12-7-6-11(10-13(12)19)16(15-5-3-9-23-15)20-8-2-1-4-14(20)17(21)22/h3,5-7,9-10,14,16H,1-2,4,8H2,(H,21,22). The van der Waals surface area contributed by atoms with E-state index in [1.165, 1.54) is 0 Å². The summed E-state index contributed by atoms with van der Waals surface area (Å²) in [4.78, 5) is 13.6. The van der Waals surface area contributed by atoms with Gasteiger partial charge in [-0.3, -0.25) is 9.69 Å². The summed E-state index contributed by atoms with van der Waals surface area (Å²) in [5, 5.41) is 10.5. The van der Waals surface area contributed by atoms with Crippen LogP contribution in [0.5, 0.6) is 0 Å². The largest absolute Gasteiger partial charge is 0.480 e. The van der Waals surface area contributed by atoms with Crippen molar-refractivity contribution in [1.29, 1.82) is 0 Å². The summed E-state index contributed by atoms with van der Waals surface area (Å²) in [6.07, 6.45) is 4.11. The number of carboxylic acids is 1. The van der Waals surface area contributed by atoms with Crippen LogP contribution in [0.2, 0.25) is 10.0 Å². The zero-order chi connectivity index (χ0) is 16.4. The number of furan rings is 1. The van der Waals surface area contributed by atoms with Gasteiger partial charge in [-0.15, -0.1) is 0 Å². The molecule has 1 saturated heterocycles. The first-order valence-electron chi connectivity index (χ1n) is 7.55. The topological polar surface area (TPSA) is 53.7 Å². The van der Waals surface area contributed by atoms with Crippen molar-refractivity contribution in [1.82, 2.24) is 4.90 Å². The molecule has 0 saturated carbocycles. The number of benzene rings is 1. The quantitative estimate of drug-likeness (QED) is 0.871. The molecule has 0 aliphatic carbocycles. The summed E-state index contributed by atoms with van der Waals surface area (Å²) in [7, 11) is 0. The number of rotatable bonds is 4. The van der Waals surface area contributed by atoms with Gasteiger partial charge in [0.25, 0.3) is 0 Å². The first-order chi connectivity index (χ1) is 11.1. The maximum Gasteiger partial charge on any atom is 0.320 e. The Hall–Kier alpha value is -1.49. The van der Waals surface area contributed by atoms with E-state index in [0.29, 0.717) is 28.8 Å². The number of likely N-dealkylation sites (tertiary alicyclic amines) is 1. The van der Waals surface area contributed by atoms with Crippen LogP contribution in [0.4, 0.5) is 0 Å². The second-order valence-corrected chi connectivity index (χ2v) is 6.49. The van der Waals surface area contributed by atoms with Gasteiger partial charge in [-0.2, -0.15) is 0 Å². The minimum atomic E-state index is -0.804. The zero-order valence-electron chi connectivity index (χ0n) is 12.4. The molecule has 2 aromatic rings. The van der Waals surface area contributed by atoms with Crippen molar-refractivity contribution in [2.45, 2.75) is 31.3 Å². The average molecular weight is 354 g/mol. The first kappa shape index (κ1) is 16.4. The fraction of sp³-hybridized carbons (Fsp3) is 0.353. The molecule has 1 aliphatic heterocycles. The van der Waals surface area contributed by atoms with Gasteiger partial charge in [0, 0.05) is 6.54 Å². The van der Waals surface area contributed by atoms with E-state index in [-0.39, 0.29) is 6.04 Å². The van der Waals surface area contributed by atoms with Gasteiger partial charge in [0.05, 0.1) is 22.4 Å². The van der Waals surface area contributed by atoms with Crippen molar-refractivity contribution < 1.29 is 14.3 Å². The van der Waals surface area contributed by atoms with Crippen molar-refractivity contribution >= 4 is 29.2 Å². The van der Waals surface area contributed by atoms with Gasteiger partial charge < -0.3 is 9.52 Å². The van der Waals surface area contributed by atoms with Gasteiger partial charge in [-0.25, -0.2) is 0 Å². The first-order valence-corrected chi connectivity index (χ1v) is 8.30. The summed E-state index contributed by atoms with van der Waals surface area (Å²) in [5.41, 5.74) is 0.877. The minimum absolute atomic E-state index is 0.291. The van der Waals surface area contributed by atoms with Gasteiger partial charge in [0.1, 0.15) is 11.8 Å². The molecule has 2 heterocycles. The maximum absolute atomic E-state index is 11.7. The molecule has 4 nitrogen and oxygen atoms in total. The van der Waals surface area contributed by atoms with Crippen LogP contribution in [0.3, 0.4) is 0 Å². The SMILES string of the molecule is O=C(O)C1CCCCN1C(c1ccc(Cl)c(Cl)c1)c1ccco1. The minimum Gasteiger partial charge on any atom is -0.480 e. The van der Waals surface area contributed by atoms with Gasteiger partial charge in [-0.05, 0) is 42.7 Å². The van der Waals surface area contributed by atoms with Crippen LogP contribution in [-0.2, 0) is 4.79 Å². The maximum atomic E-state index is 11.7. The second-order valence-electron chi connectivity index (χ2n) is 5.68. The number of halogens is 2. The number of carboxylic acid groups (broad SMARTS) is 1. The summed E-state index contributed by atoms with van der Waals surface area (Å²) in [5.74, 6) is -0.0992. The normalized spacial score (nSPS) is 20.3. The van der Waals surface area contributed by atoms with Gasteiger partial charge in [0.15, 0.2) is 0 Å². The Morgan fingerprint density at radius 2 is 2.09 bits per heavy atom. The molecule has 2 unspecified atom stereocenters. The fourth-order valence-electron chi connectivity index (χ4n) is 3.18. The van der Waals surface area contributed by atoms with Crippen LogP contribution in [0.1, 0.15) is 36.6 Å². The fourth-order valence-corrected chi connectivity index (χ4v) is 3.48. The predicted molar refractivity (Wildman–Crippen MR) is 89.0 cm³/mol. The summed E-state index contributed by atoms with van der Waals surface area (Å²) < 4.78 is 5.59. The predicted octanol–water partition coefficient (Wildman–Crippen LogP) is 4.61. The third-order valence-electron chi connectivity index (χ3n) is 4.23. The Kier molecular flexibility index (Phi) is 4.95. The van der Waals surface area contributed by atoms with Crippen LogP contribution < -0.4 is 0 Å². The van der Waals surface area contributed by atoms with Crippen LogP contribution in [0.15, 0.2) is 41.0 Å². The number of hydrogen-bond acceptors (Lipinski definition) is 3. The highest BCUT2D eigenvalue weighted by Crippen LogP contribution is 2.36. The summed E-state index contributed by atoms with van der Waals surface area (Å²) >= 11 is 12.2. The molecule has 3 rings (SSSR count). The lowest BCUT2D eigenvalue weighted by Crippen LogP contribution is -2.46. The molecule has 1 aliphatic rings. The monoisotopic (exact) mass is 353 g/mol. The molecule has 0 radical (unpaired) electrons. The van der Waals surface area contributed by atoms with E-state index in [0.717, 1.165) is 18.4 Å². The van der Waals surface area contributed by atoms with Crippen LogP contribution >= 0.6 is 23.2 Å². The van der Waals surface area contributed by atoms with Crippen molar-refractivity contribution in [3.8, 4) is 0 Å². The van der Waals surface area contributed by atoms with Crippen molar-refractivity contribution in [2.75, 3.05) is 6.54 Å². The van der Waals surface area contributed by atoms with Crippen molar-refractivity contribution in [3.05, 3.63) is 58.0 Å². The van der Waals surface area contributed by atoms with Gasteiger partial charge in [0.2, 0.25) is 0 Å². The highest BCUT2D eigenvalue weighted by molar-refractivity contribution is 6.42. The van der Waals surface area contributed by atoms with E-state index in [2.05, 4.69) is 0 Å². The Morgan fingerprint density at radius 1 is 1.26 bits per heavy atom. The number of hydrogen-bond donors (Lipinski definition) is 1. The third-order valence-corrected chi connectivity index (χ3v) is 4.97. The molecule has 23 heavy (non-hydrogen) atoms. The van der Waals surface area contributed by atoms with Crippen LogP contribution in [-0.4, -0.2) is 28.6 Å². The Balaban J connectivity index is 2.05. The molecule has 0 amide bonds. The van der Waals surface area contributed by atoms with Gasteiger partial charge >= 0.3 is 5.97 Å². The van der Waals surface area contributed by atoms with E-state index in [9.17, 15) is 9.90 Å². The van der Waals surface area contributed by atoms with E-state index in [1.807, 2.05) is 17.0 Å². The van der Waals surface area contributed by atoms with Crippen LogP contribution in [0.25, 0.3) is 0 Å². The summed E-state index contributed by atoms with van der Waals surface area (Å²) in [6, 6.07) is 8.23. The molecule has 1 fully saturated rings. The molecule has 1 N–H and O–H groups in total. The highest BCUT2D eigenvalue weighted by atomic mass is 35.5.